The molecule has 5 N–H and O–H groups in total. The normalized spacial score (nSPS) is 19.9. The van der Waals surface area contributed by atoms with Gasteiger partial charge in [-0.3, -0.25) is 0 Å². The van der Waals surface area contributed by atoms with Crippen LogP contribution in [-0.2, 0) is 42.1 Å². The van der Waals surface area contributed by atoms with E-state index in [1.807, 2.05) is 0 Å². The van der Waals surface area contributed by atoms with Gasteiger partial charge in [0.25, 0.3) is 0 Å². The summed E-state index contributed by atoms with van der Waals surface area (Å²) in [6.45, 7) is 3.89. The molecule has 5 heteroatoms. The molecule has 108 valence electrons. The minimum Gasteiger partial charge on any atom is -0.693 e. The summed E-state index contributed by atoms with van der Waals surface area (Å²) in [6, 6.07) is 0.142. The van der Waals surface area contributed by atoms with E-state index in [9.17, 15) is 0 Å². The molecule has 0 radical (unpaired) electrons. The fourth-order valence-corrected chi connectivity index (χ4v) is 1.21. The van der Waals surface area contributed by atoms with E-state index in [4.69, 9.17) is 5.73 Å². The Morgan fingerprint density at radius 2 is 1.12 bits per heavy atom. The second-order valence-electron chi connectivity index (χ2n) is 2.65. The Bertz CT molecular complexity index is 75.6. The standard InChI is InChI=1S/C7H13N.4CH3.2H2N.2Pt/c1-6-4-2-3-5-7(6)8;;;;;;;;/h6-8H,1-5H2;4*1H3;2*1H2;;/q-2;6*-1;2*+4/t6-,7-;;;;;;;;/m0......../s1. The average Bonchev–Trinajstić information content (AvgIpc) is 1.77. The van der Waals surface area contributed by atoms with E-state index in [0.29, 0.717) is 5.92 Å². The maximum atomic E-state index is 7.42. The van der Waals surface area contributed by atoms with Gasteiger partial charge in [0.2, 0.25) is 0 Å². The van der Waals surface area contributed by atoms with Gasteiger partial charge in [0.1, 0.15) is 0 Å². The molecule has 0 aliphatic heterocycles. The van der Waals surface area contributed by atoms with E-state index in [2.05, 4.69) is 6.92 Å². The molecule has 0 aromatic carbocycles. The molecule has 1 rings (SSSR count). The van der Waals surface area contributed by atoms with E-state index < -0.39 is 0 Å². The molecule has 0 aromatic heterocycles. The summed E-state index contributed by atoms with van der Waals surface area (Å²) in [5.41, 5.74) is 7.42. The van der Waals surface area contributed by atoms with Crippen LogP contribution in [0.3, 0.4) is 0 Å². The summed E-state index contributed by atoms with van der Waals surface area (Å²) >= 11 is 0. The van der Waals surface area contributed by atoms with Gasteiger partial charge < -0.3 is 54.7 Å². The molecule has 0 spiro atoms. The van der Waals surface area contributed by atoms with Crippen LogP contribution < -0.4 is 0 Å². The van der Waals surface area contributed by atoms with E-state index in [-0.39, 0.29) is 90.2 Å². The monoisotopic (exact) mass is 593 g/mol. The van der Waals surface area contributed by atoms with Crippen molar-refractivity contribution in [3.05, 3.63) is 54.7 Å². The number of rotatable bonds is 0. The Balaban J connectivity index is -0.0000000133. The molecule has 16 heavy (non-hydrogen) atoms. The fourth-order valence-electron chi connectivity index (χ4n) is 1.21. The molecule has 0 saturated heterocycles. The zero-order valence-corrected chi connectivity index (χ0v) is 15.5. The van der Waals surface area contributed by atoms with Crippen molar-refractivity contribution in [1.29, 1.82) is 0 Å². The van der Waals surface area contributed by atoms with Gasteiger partial charge in [-0.25, -0.2) is 0 Å². The second-order valence-corrected chi connectivity index (χ2v) is 2.65. The summed E-state index contributed by atoms with van der Waals surface area (Å²) in [5.74, 6) is 0.420. The Morgan fingerprint density at radius 1 is 0.812 bits per heavy atom. The molecular formula is C11H29N3Pt2. The molecule has 1 aliphatic carbocycles. The zero-order chi connectivity index (χ0) is 5.98. The van der Waals surface area contributed by atoms with Crippen molar-refractivity contribution in [2.24, 2.45) is 5.92 Å². The van der Waals surface area contributed by atoms with Gasteiger partial charge in [0, 0.05) is 0 Å². The van der Waals surface area contributed by atoms with Crippen LogP contribution in [0.15, 0.2) is 0 Å². The third kappa shape index (κ3) is 20.6. The summed E-state index contributed by atoms with van der Waals surface area (Å²) in [6.07, 6.45) is 4.80. The Kier molecular flexibility index (Phi) is 99.3. The molecule has 0 bridgehead atoms. The van der Waals surface area contributed by atoms with Crippen LogP contribution in [0.25, 0.3) is 18.0 Å². The summed E-state index contributed by atoms with van der Waals surface area (Å²) in [7, 11) is 0. The first-order chi connectivity index (χ1) is 3.80. The van der Waals surface area contributed by atoms with E-state index in [1.165, 1.54) is 19.3 Å². The van der Waals surface area contributed by atoms with Crippen LogP contribution in [-0.4, -0.2) is 6.04 Å². The third-order valence-electron chi connectivity index (χ3n) is 1.91. The SMILES string of the molecule is [CH2-][C@H]1CCCC[C@@H]1[NH-].[CH3-].[CH3-].[CH3-].[CH3-].[NH2-].[NH2-].[Pt+4].[Pt+4]. The van der Waals surface area contributed by atoms with E-state index in [1.54, 1.807) is 0 Å². The van der Waals surface area contributed by atoms with Gasteiger partial charge >= 0.3 is 42.1 Å². The van der Waals surface area contributed by atoms with Crippen molar-refractivity contribution in [1.82, 2.24) is 0 Å². The Hall–Kier alpha value is 1.26. The smallest absolute Gasteiger partial charge is 0.693 e. The maximum Gasteiger partial charge on any atom is 4.00 e. The van der Waals surface area contributed by atoms with Crippen LogP contribution in [0.5, 0.6) is 0 Å². The second kappa shape index (κ2) is 29.9. The number of hydrogen-bond acceptors (Lipinski definition) is 0. The van der Waals surface area contributed by atoms with Gasteiger partial charge in [-0.2, -0.15) is 12.0 Å². The molecule has 1 fully saturated rings. The quantitative estimate of drug-likeness (QED) is 0.325. The predicted molar refractivity (Wildman–Crippen MR) is 71.6 cm³/mol. The van der Waals surface area contributed by atoms with E-state index >= 15 is 0 Å². The first-order valence-corrected chi connectivity index (χ1v) is 3.35. The van der Waals surface area contributed by atoms with Crippen LogP contribution in [0, 0.1) is 42.5 Å². The fraction of sp³-hybridized carbons (Fsp3) is 0.545. The average molecular weight is 594 g/mol. The number of hydrogen-bond donors (Lipinski definition) is 0. The van der Waals surface area contributed by atoms with Crippen molar-refractivity contribution >= 4 is 0 Å². The Morgan fingerprint density at radius 3 is 1.31 bits per heavy atom. The van der Waals surface area contributed by atoms with E-state index in [0.717, 1.165) is 6.42 Å². The van der Waals surface area contributed by atoms with Gasteiger partial charge in [-0.15, -0.1) is 0 Å². The van der Waals surface area contributed by atoms with Crippen molar-refractivity contribution in [2.75, 3.05) is 0 Å². The molecule has 0 amide bonds. The number of nitrogens with two attached hydrogens (primary N) is 2. The molecular weight excluding hydrogens is 564 g/mol. The first kappa shape index (κ1) is 53.2. The van der Waals surface area contributed by atoms with Gasteiger partial charge in [0.05, 0.1) is 0 Å². The molecule has 0 aromatic rings. The maximum absolute atomic E-state index is 7.42. The molecule has 2 atom stereocenters. The first-order valence-electron chi connectivity index (χ1n) is 3.35. The topological polar surface area (TPSA) is 90.8 Å². The molecule has 1 aliphatic rings. The number of nitrogens with one attached hydrogen (secondary N) is 1. The molecule has 0 heterocycles. The van der Waals surface area contributed by atoms with Crippen LogP contribution in [0.4, 0.5) is 0 Å². The van der Waals surface area contributed by atoms with Crippen LogP contribution >= 0.6 is 0 Å². The van der Waals surface area contributed by atoms with Crippen LogP contribution in [0.2, 0.25) is 0 Å². The predicted octanol–water partition coefficient (Wildman–Crippen LogP) is 5.66. The minimum absolute atomic E-state index is 0. The summed E-state index contributed by atoms with van der Waals surface area (Å²) in [5, 5.41) is 0. The van der Waals surface area contributed by atoms with Gasteiger partial charge in [-0.05, 0) is 0 Å². The molecule has 3 nitrogen and oxygen atoms in total. The van der Waals surface area contributed by atoms with Crippen molar-refractivity contribution < 1.29 is 42.1 Å². The van der Waals surface area contributed by atoms with Crippen molar-refractivity contribution in [3.8, 4) is 0 Å². The van der Waals surface area contributed by atoms with Crippen LogP contribution in [0.1, 0.15) is 25.7 Å². The summed E-state index contributed by atoms with van der Waals surface area (Å²) in [4.78, 5) is 0. The van der Waals surface area contributed by atoms with Gasteiger partial charge in [-0.1, -0.05) is 25.7 Å². The molecule has 0 unspecified atom stereocenters. The largest absolute Gasteiger partial charge is 4.00 e. The minimum atomic E-state index is 0. The Labute approximate surface area is 134 Å². The zero-order valence-electron chi connectivity index (χ0n) is 11.0. The van der Waals surface area contributed by atoms with Crippen molar-refractivity contribution in [3.63, 3.8) is 0 Å². The van der Waals surface area contributed by atoms with Crippen molar-refractivity contribution in [2.45, 2.75) is 31.7 Å². The molecule has 1 saturated carbocycles. The third-order valence-corrected chi connectivity index (χ3v) is 1.91. The summed E-state index contributed by atoms with van der Waals surface area (Å²) < 4.78 is 0. The van der Waals surface area contributed by atoms with Gasteiger partial charge in [0.15, 0.2) is 0 Å².